The van der Waals surface area contributed by atoms with Crippen LogP contribution in [0.25, 0.3) is 0 Å². The van der Waals surface area contributed by atoms with Crippen molar-refractivity contribution in [2.75, 3.05) is 26.2 Å². The SMILES string of the molecule is Fc1cccc(CNN2CCN(Cc3ccccc3)CC2)c1. The van der Waals surface area contributed by atoms with Gasteiger partial charge in [-0.15, -0.1) is 0 Å². The Hall–Kier alpha value is -1.75. The van der Waals surface area contributed by atoms with Crippen LogP contribution in [-0.4, -0.2) is 36.1 Å². The Bertz CT molecular complexity index is 580. The predicted molar refractivity (Wildman–Crippen MR) is 86.5 cm³/mol. The van der Waals surface area contributed by atoms with Crippen LogP contribution >= 0.6 is 0 Å². The maximum Gasteiger partial charge on any atom is 0.123 e. The first-order chi connectivity index (χ1) is 10.8. The molecule has 0 amide bonds. The Balaban J connectivity index is 1.42. The van der Waals surface area contributed by atoms with Gasteiger partial charge in [0, 0.05) is 39.3 Å². The quantitative estimate of drug-likeness (QED) is 0.915. The molecule has 4 heteroatoms. The van der Waals surface area contributed by atoms with Crippen LogP contribution in [0.4, 0.5) is 4.39 Å². The maximum atomic E-state index is 13.1. The molecule has 3 rings (SSSR count). The summed E-state index contributed by atoms with van der Waals surface area (Å²) in [5.74, 6) is -0.174. The van der Waals surface area contributed by atoms with E-state index in [0.717, 1.165) is 38.3 Å². The zero-order valence-electron chi connectivity index (χ0n) is 12.7. The molecule has 1 fully saturated rings. The van der Waals surface area contributed by atoms with Gasteiger partial charge in [-0.1, -0.05) is 42.5 Å². The van der Waals surface area contributed by atoms with Gasteiger partial charge in [0.05, 0.1) is 0 Å². The van der Waals surface area contributed by atoms with E-state index < -0.39 is 0 Å². The molecule has 1 heterocycles. The van der Waals surface area contributed by atoms with E-state index in [2.05, 4.69) is 45.7 Å². The summed E-state index contributed by atoms with van der Waals surface area (Å²) in [6.07, 6.45) is 0. The summed E-state index contributed by atoms with van der Waals surface area (Å²) in [7, 11) is 0. The van der Waals surface area contributed by atoms with E-state index in [0.29, 0.717) is 6.54 Å². The van der Waals surface area contributed by atoms with Gasteiger partial charge >= 0.3 is 0 Å². The number of piperazine rings is 1. The number of benzene rings is 2. The molecule has 22 heavy (non-hydrogen) atoms. The lowest BCUT2D eigenvalue weighted by Crippen LogP contribution is -2.51. The van der Waals surface area contributed by atoms with E-state index in [1.807, 2.05) is 6.07 Å². The highest BCUT2D eigenvalue weighted by molar-refractivity contribution is 5.16. The second-order valence-corrected chi connectivity index (χ2v) is 5.71. The lowest BCUT2D eigenvalue weighted by Gasteiger charge is -2.35. The third-order valence-electron chi connectivity index (χ3n) is 4.02. The van der Waals surface area contributed by atoms with E-state index >= 15 is 0 Å². The molecule has 2 aromatic rings. The van der Waals surface area contributed by atoms with Crippen molar-refractivity contribution in [3.63, 3.8) is 0 Å². The number of nitrogens with zero attached hydrogens (tertiary/aromatic N) is 2. The fourth-order valence-corrected chi connectivity index (χ4v) is 2.76. The predicted octanol–water partition coefficient (Wildman–Crippen LogP) is 2.65. The second-order valence-electron chi connectivity index (χ2n) is 5.71. The van der Waals surface area contributed by atoms with E-state index in [1.54, 1.807) is 12.1 Å². The van der Waals surface area contributed by atoms with Crippen LogP contribution in [0.1, 0.15) is 11.1 Å². The van der Waals surface area contributed by atoms with Gasteiger partial charge < -0.3 is 0 Å². The van der Waals surface area contributed by atoms with Gasteiger partial charge in [0.1, 0.15) is 5.82 Å². The second kappa shape index (κ2) is 7.49. The van der Waals surface area contributed by atoms with Crippen molar-refractivity contribution in [2.45, 2.75) is 13.1 Å². The molecule has 0 saturated carbocycles. The molecule has 0 aliphatic carbocycles. The standard InChI is InChI=1S/C18H22FN3/c19-18-8-4-7-17(13-18)14-20-22-11-9-21(10-12-22)15-16-5-2-1-3-6-16/h1-8,13,20H,9-12,14-15H2. The fraction of sp³-hybridized carbons (Fsp3) is 0.333. The highest BCUT2D eigenvalue weighted by atomic mass is 19.1. The average molecular weight is 299 g/mol. The van der Waals surface area contributed by atoms with Gasteiger partial charge in [-0.05, 0) is 23.3 Å². The third kappa shape index (κ3) is 4.37. The molecule has 1 saturated heterocycles. The van der Waals surface area contributed by atoms with E-state index in [9.17, 15) is 4.39 Å². The molecule has 0 radical (unpaired) electrons. The van der Waals surface area contributed by atoms with Crippen molar-refractivity contribution in [3.05, 3.63) is 71.5 Å². The van der Waals surface area contributed by atoms with Crippen LogP contribution in [0.5, 0.6) is 0 Å². The van der Waals surface area contributed by atoms with Crippen molar-refractivity contribution >= 4 is 0 Å². The molecule has 2 aromatic carbocycles. The Morgan fingerprint density at radius 3 is 2.32 bits per heavy atom. The average Bonchev–Trinajstić information content (AvgIpc) is 2.55. The summed E-state index contributed by atoms with van der Waals surface area (Å²) in [6, 6.07) is 17.3. The summed E-state index contributed by atoms with van der Waals surface area (Å²) >= 11 is 0. The molecule has 0 unspecified atom stereocenters. The summed E-state index contributed by atoms with van der Waals surface area (Å²) < 4.78 is 13.1. The van der Waals surface area contributed by atoms with Crippen LogP contribution in [0.3, 0.4) is 0 Å². The van der Waals surface area contributed by atoms with Crippen molar-refractivity contribution in [1.29, 1.82) is 0 Å². The molecule has 1 aliphatic heterocycles. The van der Waals surface area contributed by atoms with E-state index in [1.165, 1.54) is 11.6 Å². The zero-order chi connectivity index (χ0) is 15.2. The van der Waals surface area contributed by atoms with Gasteiger partial charge in [0.15, 0.2) is 0 Å². The van der Waals surface area contributed by atoms with Crippen molar-refractivity contribution < 1.29 is 4.39 Å². The normalized spacial score (nSPS) is 16.8. The van der Waals surface area contributed by atoms with Gasteiger partial charge in [0.2, 0.25) is 0 Å². The smallest absolute Gasteiger partial charge is 0.123 e. The number of hydrogen-bond donors (Lipinski definition) is 1. The van der Waals surface area contributed by atoms with Gasteiger partial charge in [-0.25, -0.2) is 9.40 Å². The van der Waals surface area contributed by atoms with Crippen LogP contribution in [0.2, 0.25) is 0 Å². The van der Waals surface area contributed by atoms with Gasteiger partial charge in [-0.2, -0.15) is 0 Å². The first kappa shape index (κ1) is 15.2. The maximum absolute atomic E-state index is 13.1. The molecule has 1 N–H and O–H groups in total. The number of hydrazine groups is 1. The number of hydrogen-bond acceptors (Lipinski definition) is 3. The molecular formula is C18H22FN3. The van der Waals surface area contributed by atoms with Crippen LogP contribution in [0.15, 0.2) is 54.6 Å². The lowest BCUT2D eigenvalue weighted by atomic mass is 10.2. The van der Waals surface area contributed by atoms with Gasteiger partial charge in [0.25, 0.3) is 0 Å². The van der Waals surface area contributed by atoms with Crippen LogP contribution in [-0.2, 0) is 13.1 Å². The summed E-state index contributed by atoms with van der Waals surface area (Å²) in [4.78, 5) is 2.47. The van der Waals surface area contributed by atoms with Crippen LogP contribution in [0, 0.1) is 5.82 Å². The summed E-state index contributed by atoms with van der Waals surface area (Å²) in [5.41, 5.74) is 5.73. The van der Waals surface area contributed by atoms with Crippen molar-refractivity contribution in [2.24, 2.45) is 0 Å². The third-order valence-corrected chi connectivity index (χ3v) is 4.02. The molecule has 3 nitrogen and oxygen atoms in total. The number of nitrogens with one attached hydrogen (secondary N) is 1. The van der Waals surface area contributed by atoms with E-state index in [4.69, 9.17) is 0 Å². The van der Waals surface area contributed by atoms with Crippen molar-refractivity contribution in [1.82, 2.24) is 15.3 Å². The molecule has 0 spiro atoms. The molecule has 116 valence electrons. The minimum absolute atomic E-state index is 0.174. The van der Waals surface area contributed by atoms with Gasteiger partial charge in [-0.3, -0.25) is 10.3 Å². The van der Waals surface area contributed by atoms with Crippen molar-refractivity contribution in [3.8, 4) is 0 Å². The fourth-order valence-electron chi connectivity index (χ4n) is 2.76. The minimum atomic E-state index is -0.174. The Kier molecular flexibility index (Phi) is 5.16. The Morgan fingerprint density at radius 2 is 1.59 bits per heavy atom. The summed E-state index contributed by atoms with van der Waals surface area (Å²) in [5, 5.41) is 2.23. The summed E-state index contributed by atoms with van der Waals surface area (Å²) in [6.45, 7) is 5.76. The molecule has 0 aromatic heterocycles. The Morgan fingerprint density at radius 1 is 0.864 bits per heavy atom. The Labute approximate surface area is 131 Å². The largest absolute Gasteiger partial charge is 0.296 e. The molecule has 0 atom stereocenters. The van der Waals surface area contributed by atoms with Crippen LogP contribution < -0.4 is 5.43 Å². The number of halogens is 1. The first-order valence-corrected chi connectivity index (χ1v) is 7.79. The topological polar surface area (TPSA) is 18.5 Å². The minimum Gasteiger partial charge on any atom is -0.296 e. The lowest BCUT2D eigenvalue weighted by molar-refractivity contribution is 0.0834. The highest BCUT2D eigenvalue weighted by Gasteiger charge is 2.16. The molecular weight excluding hydrogens is 277 g/mol. The molecule has 0 bridgehead atoms. The molecule has 1 aliphatic rings. The number of rotatable bonds is 5. The monoisotopic (exact) mass is 299 g/mol. The zero-order valence-corrected chi connectivity index (χ0v) is 12.7. The van der Waals surface area contributed by atoms with E-state index in [-0.39, 0.29) is 5.82 Å². The highest BCUT2D eigenvalue weighted by Crippen LogP contribution is 2.08. The first-order valence-electron chi connectivity index (χ1n) is 7.79.